The predicted octanol–water partition coefficient (Wildman–Crippen LogP) is 2.16. The Morgan fingerprint density at radius 1 is 1.25 bits per heavy atom. The molecule has 5 heteroatoms. The first kappa shape index (κ1) is 13.7. The lowest BCUT2D eigenvalue weighted by molar-refractivity contribution is 0.248. The molecule has 0 unspecified atom stereocenters. The minimum Gasteiger partial charge on any atom is -0.384 e. The standard InChI is InChI=1S/C15H21ClN4/c16-12-3-4-14(13(9-12)15(17)18)20-7-5-19(6-8-20)10-11-1-2-11/h3-4,9,11H,1-2,5-8,10H2,(H3,17,18). The lowest BCUT2D eigenvalue weighted by Gasteiger charge is -2.37. The van der Waals surface area contributed by atoms with Gasteiger partial charge in [-0.1, -0.05) is 11.6 Å². The third-order valence-corrected chi connectivity index (χ3v) is 4.41. The zero-order valence-corrected chi connectivity index (χ0v) is 12.4. The summed E-state index contributed by atoms with van der Waals surface area (Å²) in [6.07, 6.45) is 2.82. The van der Waals surface area contributed by atoms with Crippen LogP contribution in [-0.2, 0) is 0 Å². The maximum absolute atomic E-state index is 7.71. The van der Waals surface area contributed by atoms with Gasteiger partial charge in [-0.2, -0.15) is 0 Å². The highest BCUT2D eigenvalue weighted by molar-refractivity contribution is 6.31. The van der Waals surface area contributed by atoms with Gasteiger partial charge >= 0.3 is 0 Å². The summed E-state index contributed by atoms with van der Waals surface area (Å²) in [5, 5.41) is 8.34. The third kappa shape index (κ3) is 3.07. The van der Waals surface area contributed by atoms with E-state index in [1.165, 1.54) is 19.4 Å². The highest BCUT2D eigenvalue weighted by atomic mass is 35.5. The van der Waals surface area contributed by atoms with Gasteiger partial charge in [-0.15, -0.1) is 0 Å². The number of rotatable bonds is 4. The van der Waals surface area contributed by atoms with Gasteiger partial charge in [0.25, 0.3) is 0 Å². The summed E-state index contributed by atoms with van der Waals surface area (Å²) in [5.74, 6) is 1.03. The van der Waals surface area contributed by atoms with Gasteiger partial charge in [0.15, 0.2) is 0 Å². The molecule has 4 nitrogen and oxygen atoms in total. The zero-order valence-electron chi connectivity index (χ0n) is 11.6. The Kier molecular flexibility index (Phi) is 3.85. The van der Waals surface area contributed by atoms with Crippen molar-refractivity contribution in [1.29, 1.82) is 5.41 Å². The molecule has 2 fully saturated rings. The second-order valence-corrected chi connectivity index (χ2v) is 6.24. The number of benzene rings is 1. The van der Waals surface area contributed by atoms with E-state index in [0.717, 1.165) is 43.3 Å². The van der Waals surface area contributed by atoms with Crippen LogP contribution in [0.2, 0.25) is 5.02 Å². The first-order valence-electron chi connectivity index (χ1n) is 7.25. The summed E-state index contributed by atoms with van der Waals surface area (Å²) in [6.45, 7) is 5.43. The summed E-state index contributed by atoms with van der Waals surface area (Å²) in [5.41, 5.74) is 7.46. The number of amidine groups is 1. The molecule has 1 saturated heterocycles. The van der Waals surface area contributed by atoms with Crippen LogP contribution in [0.3, 0.4) is 0 Å². The fourth-order valence-corrected chi connectivity index (χ4v) is 3.01. The van der Waals surface area contributed by atoms with Crippen LogP contribution in [0.25, 0.3) is 0 Å². The van der Waals surface area contributed by atoms with Crippen LogP contribution >= 0.6 is 11.6 Å². The smallest absolute Gasteiger partial charge is 0.124 e. The van der Waals surface area contributed by atoms with Gasteiger partial charge < -0.3 is 10.6 Å². The van der Waals surface area contributed by atoms with E-state index in [1.807, 2.05) is 12.1 Å². The first-order chi connectivity index (χ1) is 9.63. The molecule has 1 heterocycles. The maximum Gasteiger partial charge on any atom is 0.124 e. The topological polar surface area (TPSA) is 56.4 Å². The van der Waals surface area contributed by atoms with Gasteiger partial charge in [-0.25, -0.2) is 0 Å². The minimum absolute atomic E-state index is 0.0860. The largest absolute Gasteiger partial charge is 0.384 e. The maximum atomic E-state index is 7.71. The van der Waals surface area contributed by atoms with Crippen LogP contribution in [0.15, 0.2) is 18.2 Å². The highest BCUT2D eigenvalue weighted by Gasteiger charge is 2.27. The molecule has 108 valence electrons. The van der Waals surface area contributed by atoms with Gasteiger partial charge in [0.1, 0.15) is 5.84 Å². The van der Waals surface area contributed by atoms with Crippen molar-refractivity contribution in [2.24, 2.45) is 11.7 Å². The Labute approximate surface area is 125 Å². The van der Waals surface area contributed by atoms with E-state index in [1.54, 1.807) is 6.07 Å². The van der Waals surface area contributed by atoms with Crippen LogP contribution in [0.1, 0.15) is 18.4 Å². The molecule has 0 amide bonds. The number of nitrogens with zero attached hydrogens (tertiary/aromatic N) is 2. The summed E-state index contributed by atoms with van der Waals surface area (Å²) in [6, 6.07) is 5.64. The number of hydrogen-bond acceptors (Lipinski definition) is 3. The average molecular weight is 293 g/mol. The molecule has 1 aromatic carbocycles. The summed E-state index contributed by atoms with van der Waals surface area (Å²) >= 11 is 6.01. The normalized spacial score (nSPS) is 20.1. The first-order valence-corrected chi connectivity index (χ1v) is 7.62. The van der Waals surface area contributed by atoms with E-state index in [9.17, 15) is 0 Å². The molecule has 0 aromatic heterocycles. The molecule has 3 N–H and O–H groups in total. The number of nitrogens with two attached hydrogens (primary N) is 1. The fraction of sp³-hybridized carbons (Fsp3) is 0.533. The number of nitrogens with one attached hydrogen (secondary N) is 1. The van der Waals surface area contributed by atoms with Crippen molar-refractivity contribution in [3.63, 3.8) is 0 Å². The van der Waals surface area contributed by atoms with Crippen molar-refractivity contribution in [1.82, 2.24) is 4.90 Å². The monoisotopic (exact) mass is 292 g/mol. The van der Waals surface area contributed by atoms with E-state index in [-0.39, 0.29) is 5.84 Å². The lowest BCUT2D eigenvalue weighted by Crippen LogP contribution is -2.47. The van der Waals surface area contributed by atoms with Crippen LogP contribution in [0.4, 0.5) is 5.69 Å². The van der Waals surface area contributed by atoms with Crippen LogP contribution in [-0.4, -0.2) is 43.5 Å². The van der Waals surface area contributed by atoms with E-state index in [2.05, 4.69) is 9.80 Å². The van der Waals surface area contributed by atoms with Crippen LogP contribution < -0.4 is 10.6 Å². The molecule has 1 aromatic rings. The van der Waals surface area contributed by atoms with Crippen molar-refractivity contribution >= 4 is 23.1 Å². The van der Waals surface area contributed by atoms with Crippen LogP contribution in [0.5, 0.6) is 0 Å². The van der Waals surface area contributed by atoms with Crippen molar-refractivity contribution in [3.05, 3.63) is 28.8 Å². The fourth-order valence-electron chi connectivity index (χ4n) is 2.84. The quantitative estimate of drug-likeness (QED) is 0.660. The van der Waals surface area contributed by atoms with E-state index < -0.39 is 0 Å². The average Bonchev–Trinajstić information content (AvgIpc) is 3.24. The molecule has 0 radical (unpaired) electrons. The Morgan fingerprint density at radius 3 is 2.55 bits per heavy atom. The molecule has 1 saturated carbocycles. The number of piperazine rings is 1. The second kappa shape index (κ2) is 5.62. The molecule has 1 aliphatic carbocycles. The Hall–Kier alpha value is -1.26. The number of halogens is 1. The second-order valence-electron chi connectivity index (χ2n) is 5.81. The van der Waals surface area contributed by atoms with Crippen molar-refractivity contribution in [2.75, 3.05) is 37.6 Å². The van der Waals surface area contributed by atoms with Gasteiger partial charge in [0, 0.05) is 49.0 Å². The molecule has 2 aliphatic rings. The molecule has 0 atom stereocenters. The van der Waals surface area contributed by atoms with Gasteiger partial charge in [-0.05, 0) is 37.0 Å². The van der Waals surface area contributed by atoms with E-state index in [0.29, 0.717) is 5.02 Å². The Morgan fingerprint density at radius 2 is 1.95 bits per heavy atom. The molecule has 1 aliphatic heterocycles. The van der Waals surface area contributed by atoms with Crippen molar-refractivity contribution in [2.45, 2.75) is 12.8 Å². The number of nitrogen functional groups attached to an aromatic ring is 1. The third-order valence-electron chi connectivity index (χ3n) is 4.18. The Balaban J connectivity index is 1.69. The summed E-state index contributed by atoms with van der Waals surface area (Å²) in [4.78, 5) is 4.87. The zero-order chi connectivity index (χ0) is 14.1. The number of anilines is 1. The Bertz CT molecular complexity index is 505. The summed E-state index contributed by atoms with van der Waals surface area (Å²) < 4.78 is 0. The molecule has 0 bridgehead atoms. The summed E-state index contributed by atoms with van der Waals surface area (Å²) in [7, 11) is 0. The molecular formula is C15H21ClN4. The van der Waals surface area contributed by atoms with E-state index in [4.69, 9.17) is 22.7 Å². The minimum atomic E-state index is 0.0860. The predicted molar refractivity (Wildman–Crippen MR) is 83.8 cm³/mol. The molecule has 3 rings (SSSR count). The molecular weight excluding hydrogens is 272 g/mol. The van der Waals surface area contributed by atoms with Gasteiger partial charge in [0.05, 0.1) is 0 Å². The molecule has 0 spiro atoms. The van der Waals surface area contributed by atoms with Crippen molar-refractivity contribution in [3.8, 4) is 0 Å². The van der Waals surface area contributed by atoms with E-state index >= 15 is 0 Å². The SMILES string of the molecule is N=C(N)c1cc(Cl)ccc1N1CCN(CC2CC2)CC1. The number of hydrogen-bond donors (Lipinski definition) is 2. The highest BCUT2D eigenvalue weighted by Crippen LogP contribution is 2.30. The van der Waals surface area contributed by atoms with Gasteiger partial charge in [0.2, 0.25) is 0 Å². The van der Waals surface area contributed by atoms with Crippen molar-refractivity contribution < 1.29 is 0 Å². The molecule has 20 heavy (non-hydrogen) atoms. The van der Waals surface area contributed by atoms with Gasteiger partial charge in [-0.3, -0.25) is 10.3 Å². The van der Waals surface area contributed by atoms with Crippen LogP contribution in [0, 0.1) is 11.3 Å². The lowest BCUT2D eigenvalue weighted by atomic mass is 10.1.